The molecule has 5 N–H and O–H groups in total. The summed E-state index contributed by atoms with van der Waals surface area (Å²) in [5.41, 5.74) is 6.81. The van der Waals surface area contributed by atoms with Crippen LogP contribution in [-0.4, -0.2) is 69.7 Å². The molecule has 1 aromatic rings. The van der Waals surface area contributed by atoms with Crippen molar-refractivity contribution in [2.45, 2.75) is 96.0 Å². The van der Waals surface area contributed by atoms with E-state index in [1.807, 2.05) is 19.9 Å². The van der Waals surface area contributed by atoms with Crippen LogP contribution >= 0.6 is 12.4 Å². The Morgan fingerprint density at radius 1 is 1.10 bits per heavy atom. The second kappa shape index (κ2) is 18.3. The fourth-order valence-electron chi connectivity index (χ4n) is 5.28. The van der Waals surface area contributed by atoms with Gasteiger partial charge < -0.3 is 25.6 Å². The Hall–Kier alpha value is -1.43. The van der Waals surface area contributed by atoms with E-state index < -0.39 is 26.9 Å². The van der Waals surface area contributed by atoms with E-state index in [2.05, 4.69) is 10.0 Å². The predicted molar refractivity (Wildman–Crippen MR) is 167 cm³/mol. The number of carbonyl (C=O) groups excluding carboxylic acids is 1. The number of methoxy groups -OCH3 is 1. The van der Waals surface area contributed by atoms with Crippen LogP contribution in [0.5, 0.6) is 5.75 Å². The maximum atomic E-state index is 13.1. The van der Waals surface area contributed by atoms with E-state index in [-0.39, 0.29) is 42.6 Å². The van der Waals surface area contributed by atoms with Crippen LogP contribution in [0.2, 0.25) is 0 Å². The number of rotatable bonds is 18. The molecule has 1 saturated carbocycles. The number of para-hydroxylation sites is 1. The maximum Gasteiger partial charge on any atom is 0.255 e. The van der Waals surface area contributed by atoms with Gasteiger partial charge in [-0.25, -0.2) is 13.1 Å². The highest BCUT2D eigenvalue weighted by Gasteiger charge is 2.42. The molecule has 0 saturated heterocycles. The lowest BCUT2D eigenvalue weighted by Crippen LogP contribution is -2.52. The lowest BCUT2D eigenvalue weighted by atomic mass is 9.81. The Kier molecular flexibility index (Phi) is 16.8. The van der Waals surface area contributed by atoms with Gasteiger partial charge in [0.25, 0.3) is 5.91 Å². The van der Waals surface area contributed by atoms with Gasteiger partial charge >= 0.3 is 0 Å². The zero-order valence-corrected chi connectivity index (χ0v) is 27.2. The van der Waals surface area contributed by atoms with Gasteiger partial charge in [0.2, 0.25) is 10.0 Å². The van der Waals surface area contributed by atoms with Crippen molar-refractivity contribution in [1.82, 2.24) is 10.0 Å². The van der Waals surface area contributed by atoms with E-state index in [0.717, 1.165) is 44.9 Å². The van der Waals surface area contributed by atoms with Gasteiger partial charge in [0.05, 0.1) is 23.0 Å². The molecule has 0 heterocycles. The Morgan fingerprint density at radius 2 is 1.73 bits per heavy atom. The number of benzene rings is 1. The Balaban J connectivity index is 0.00000840. The summed E-state index contributed by atoms with van der Waals surface area (Å²) < 4.78 is 38.9. The second-order valence-corrected chi connectivity index (χ2v) is 14.4. The zero-order chi connectivity index (χ0) is 29.8. The summed E-state index contributed by atoms with van der Waals surface area (Å²) in [4.78, 5) is 13.0. The minimum Gasteiger partial charge on any atom is -0.493 e. The summed E-state index contributed by atoms with van der Waals surface area (Å²) >= 11 is 0. The van der Waals surface area contributed by atoms with Crippen LogP contribution in [0.25, 0.3) is 0 Å². The maximum absolute atomic E-state index is 13.1. The minimum atomic E-state index is -3.64. The lowest BCUT2D eigenvalue weighted by Gasteiger charge is -2.36. The summed E-state index contributed by atoms with van der Waals surface area (Å²) in [6.07, 6.45) is 6.17. The van der Waals surface area contributed by atoms with Crippen LogP contribution in [0.15, 0.2) is 24.3 Å². The Morgan fingerprint density at radius 3 is 2.37 bits per heavy atom. The van der Waals surface area contributed by atoms with Crippen molar-refractivity contribution in [3.8, 4) is 5.75 Å². The number of aliphatic hydroxyl groups excluding tert-OH is 1. The number of unbranched alkanes of at least 4 members (excludes halogenated alkanes) is 1. The van der Waals surface area contributed by atoms with Crippen molar-refractivity contribution in [2.24, 2.45) is 23.5 Å². The van der Waals surface area contributed by atoms with Gasteiger partial charge in [-0.2, -0.15) is 0 Å². The fourth-order valence-corrected chi connectivity index (χ4v) is 6.71. The van der Waals surface area contributed by atoms with Gasteiger partial charge in [-0.05, 0) is 75.8 Å². The van der Waals surface area contributed by atoms with Crippen LogP contribution in [0.4, 0.5) is 0 Å². The molecule has 0 aromatic heterocycles. The van der Waals surface area contributed by atoms with Gasteiger partial charge in [-0.15, -0.1) is 12.4 Å². The number of nitrogens with one attached hydrogen (secondary N) is 2. The molecule has 0 bridgehead atoms. The zero-order valence-electron chi connectivity index (χ0n) is 25.6. The number of carbonyl (C=O) groups is 1. The third-order valence-electron chi connectivity index (χ3n) is 8.43. The van der Waals surface area contributed by atoms with E-state index in [4.69, 9.17) is 15.2 Å². The molecule has 9 nitrogen and oxygen atoms in total. The standard InChI is InChI=1S/C30H53N3O6S.ClH/c1-22(2)23(20-32-29(35)25-15-9-10-16-28(25)39-18-12-11-17-38-5)19-26(31)27(34)21-33-40(36,37)30(3,4)24-13-7-6-8-14-24;/h9-10,15-16,22-24,26-27,33-34H,6-8,11-14,17-21,31H2,1-5H3,(H,32,35);1H. The lowest BCUT2D eigenvalue weighted by molar-refractivity contribution is 0.0928. The van der Waals surface area contributed by atoms with Crippen LogP contribution in [0.1, 0.15) is 89.4 Å². The first kappa shape index (κ1) is 37.6. The smallest absolute Gasteiger partial charge is 0.255 e. The highest BCUT2D eigenvalue weighted by atomic mass is 35.5. The van der Waals surface area contributed by atoms with Crippen molar-refractivity contribution in [3.63, 3.8) is 0 Å². The molecule has 1 aliphatic rings. The van der Waals surface area contributed by atoms with Crippen LogP contribution < -0.4 is 20.5 Å². The van der Waals surface area contributed by atoms with E-state index in [1.54, 1.807) is 39.2 Å². The van der Waals surface area contributed by atoms with Crippen molar-refractivity contribution in [1.29, 1.82) is 0 Å². The largest absolute Gasteiger partial charge is 0.493 e. The summed E-state index contributed by atoms with van der Waals surface area (Å²) in [5, 5.41) is 13.8. The molecular weight excluding hydrogens is 566 g/mol. The van der Waals surface area contributed by atoms with Gasteiger partial charge in [-0.1, -0.05) is 45.2 Å². The quantitative estimate of drug-likeness (QED) is 0.180. The molecular formula is C30H54ClN3O6S. The van der Waals surface area contributed by atoms with Crippen LogP contribution in [0, 0.1) is 17.8 Å². The molecule has 1 fully saturated rings. The molecule has 0 aliphatic heterocycles. The molecule has 2 rings (SSSR count). The number of ether oxygens (including phenoxy) is 2. The molecule has 238 valence electrons. The molecule has 1 amide bonds. The van der Waals surface area contributed by atoms with E-state index >= 15 is 0 Å². The summed E-state index contributed by atoms with van der Waals surface area (Å²) in [5.74, 6) is 0.586. The van der Waals surface area contributed by atoms with E-state index in [9.17, 15) is 18.3 Å². The van der Waals surface area contributed by atoms with Crippen molar-refractivity contribution in [3.05, 3.63) is 29.8 Å². The topological polar surface area (TPSA) is 140 Å². The summed E-state index contributed by atoms with van der Waals surface area (Å²) in [6, 6.07) is 6.51. The fraction of sp³-hybridized carbons (Fsp3) is 0.767. The average molecular weight is 620 g/mol. The molecule has 0 radical (unpaired) electrons. The SMILES string of the molecule is COCCCCOc1ccccc1C(=O)NCC(CC(N)C(O)CNS(=O)(=O)C(C)(C)C1CCCCC1)C(C)C.Cl. The van der Waals surface area contributed by atoms with Gasteiger partial charge in [0.1, 0.15) is 5.75 Å². The highest BCUT2D eigenvalue weighted by molar-refractivity contribution is 7.90. The minimum absolute atomic E-state index is 0. The van der Waals surface area contributed by atoms with Gasteiger partial charge in [0, 0.05) is 32.8 Å². The van der Waals surface area contributed by atoms with Crippen molar-refractivity contribution < 1.29 is 27.8 Å². The monoisotopic (exact) mass is 619 g/mol. The first-order valence-corrected chi connectivity index (χ1v) is 16.3. The highest BCUT2D eigenvalue weighted by Crippen LogP contribution is 2.37. The van der Waals surface area contributed by atoms with Crippen LogP contribution in [0.3, 0.4) is 0 Å². The molecule has 3 unspecified atom stereocenters. The first-order chi connectivity index (χ1) is 18.9. The molecule has 1 aromatic carbocycles. The number of sulfonamides is 1. The number of amides is 1. The van der Waals surface area contributed by atoms with Crippen molar-refractivity contribution >= 4 is 28.3 Å². The number of halogens is 1. The first-order valence-electron chi connectivity index (χ1n) is 14.8. The Labute approximate surface area is 254 Å². The second-order valence-electron chi connectivity index (χ2n) is 12.0. The summed E-state index contributed by atoms with van der Waals surface area (Å²) in [6.45, 7) is 9.05. The van der Waals surface area contributed by atoms with Gasteiger partial charge in [-0.3, -0.25) is 4.79 Å². The summed E-state index contributed by atoms with van der Waals surface area (Å²) in [7, 11) is -1.98. The third kappa shape index (κ3) is 11.6. The molecule has 41 heavy (non-hydrogen) atoms. The number of nitrogens with two attached hydrogens (primary N) is 1. The Bertz CT molecular complexity index is 1000. The number of hydrogen-bond acceptors (Lipinski definition) is 7. The molecule has 11 heteroatoms. The molecule has 3 atom stereocenters. The van der Waals surface area contributed by atoms with Gasteiger partial charge in [0.15, 0.2) is 0 Å². The predicted octanol–water partition coefficient (Wildman–Crippen LogP) is 4.27. The third-order valence-corrected chi connectivity index (χ3v) is 10.7. The van der Waals surface area contributed by atoms with Crippen molar-refractivity contribution in [2.75, 3.05) is 33.4 Å². The number of aliphatic hydroxyl groups is 1. The number of hydrogen-bond donors (Lipinski definition) is 4. The van der Waals surface area contributed by atoms with E-state index in [0.29, 0.717) is 37.5 Å². The van der Waals surface area contributed by atoms with Crippen LogP contribution in [-0.2, 0) is 14.8 Å². The normalized spacial score (nSPS) is 17.0. The van der Waals surface area contributed by atoms with E-state index in [1.165, 1.54) is 0 Å². The molecule has 1 aliphatic carbocycles. The molecule has 0 spiro atoms. The average Bonchev–Trinajstić information content (AvgIpc) is 2.94.